The van der Waals surface area contributed by atoms with Gasteiger partial charge in [0, 0.05) is 19.1 Å². The fourth-order valence-corrected chi connectivity index (χ4v) is 0. The molecule has 0 radical (unpaired) electrons. The van der Waals surface area contributed by atoms with Crippen molar-refractivity contribution in [2.75, 3.05) is 13.1 Å². The molecule has 0 saturated carbocycles. The quantitative estimate of drug-likeness (QED) is 0.357. The van der Waals surface area contributed by atoms with Gasteiger partial charge in [-0.15, -0.1) is 0 Å². The summed E-state index contributed by atoms with van der Waals surface area (Å²) in [5, 5.41) is 8.89. The van der Waals surface area contributed by atoms with Crippen LogP contribution in [0.3, 0.4) is 0 Å². The summed E-state index contributed by atoms with van der Waals surface area (Å²) in [6, 6.07) is 0. The summed E-state index contributed by atoms with van der Waals surface area (Å²) in [5.74, 6) is -1.08. The molecule has 50 valence electrons. The molecular formula is C4H11N2NaO2. The first kappa shape index (κ1) is 16.2. The minimum Gasteiger partial charge on any atom is -0.550 e. The fraction of sp³-hybridized carbons (Fsp3) is 0.750. The van der Waals surface area contributed by atoms with Crippen molar-refractivity contribution in [2.24, 2.45) is 11.5 Å². The summed E-state index contributed by atoms with van der Waals surface area (Å²) in [4.78, 5) is 8.89. The molecule has 0 atom stereocenters. The maximum atomic E-state index is 8.89. The van der Waals surface area contributed by atoms with Crippen LogP contribution in [0.5, 0.6) is 0 Å². The molecule has 5 heteroatoms. The summed E-state index contributed by atoms with van der Waals surface area (Å²) < 4.78 is 0. The van der Waals surface area contributed by atoms with Crippen molar-refractivity contribution in [3.05, 3.63) is 0 Å². The Kier molecular flexibility index (Phi) is 28.4. The molecule has 0 aliphatic rings. The number of carbonyl (C=O) groups excluding carboxylic acids is 1. The van der Waals surface area contributed by atoms with Crippen molar-refractivity contribution >= 4 is 5.97 Å². The minimum absolute atomic E-state index is 0. The smallest absolute Gasteiger partial charge is 0.550 e. The van der Waals surface area contributed by atoms with Crippen molar-refractivity contribution < 1.29 is 39.5 Å². The van der Waals surface area contributed by atoms with Gasteiger partial charge in [0.1, 0.15) is 0 Å². The molecule has 0 fully saturated rings. The van der Waals surface area contributed by atoms with Crippen molar-refractivity contribution in [3.63, 3.8) is 0 Å². The van der Waals surface area contributed by atoms with E-state index in [4.69, 9.17) is 21.4 Å². The van der Waals surface area contributed by atoms with Gasteiger partial charge in [0.2, 0.25) is 0 Å². The molecule has 9 heavy (non-hydrogen) atoms. The van der Waals surface area contributed by atoms with Crippen molar-refractivity contribution in [1.82, 2.24) is 0 Å². The second-order valence-corrected chi connectivity index (χ2v) is 1.07. The predicted octanol–water partition coefficient (Wildman–Crippen LogP) is -5.34. The van der Waals surface area contributed by atoms with Crippen LogP contribution in [0.2, 0.25) is 0 Å². The van der Waals surface area contributed by atoms with Gasteiger partial charge in [-0.1, -0.05) is 0 Å². The molecule has 0 unspecified atom stereocenters. The van der Waals surface area contributed by atoms with Crippen molar-refractivity contribution in [2.45, 2.75) is 6.92 Å². The summed E-state index contributed by atoms with van der Waals surface area (Å²) in [6.07, 6.45) is 0. The van der Waals surface area contributed by atoms with E-state index in [-0.39, 0.29) is 29.6 Å². The van der Waals surface area contributed by atoms with Gasteiger partial charge in [-0.2, -0.15) is 0 Å². The average molecular weight is 142 g/mol. The number of carboxylic acid groups (broad SMARTS) is 1. The van der Waals surface area contributed by atoms with E-state index < -0.39 is 5.97 Å². The van der Waals surface area contributed by atoms with E-state index in [2.05, 4.69) is 0 Å². The van der Waals surface area contributed by atoms with Crippen LogP contribution in [0.4, 0.5) is 0 Å². The molecule has 0 bridgehead atoms. The van der Waals surface area contributed by atoms with Gasteiger partial charge >= 0.3 is 29.6 Å². The second kappa shape index (κ2) is 15.8. The van der Waals surface area contributed by atoms with Crippen LogP contribution < -0.4 is 46.1 Å². The molecule has 4 nitrogen and oxygen atoms in total. The van der Waals surface area contributed by atoms with E-state index in [0.717, 1.165) is 6.92 Å². The molecule has 0 rings (SSSR count). The molecule has 0 aliphatic carbocycles. The van der Waals surface area contributed by atoms with Crippen molar-refractivity contribution in [1.29, 1.82) is 0 Å². The van der Waals surface area contributed by atoms with Crippen molar-refractivity contribution in [3.8, 4) is 0 Å². The third kappa shape index (κ3) is 177. The monoisotopic (exact) mass is 142 g/mol. The summed E-state index contributed by atoms with van der Waals surface area (Å²) in [6.45, 7) is 2.17. The van der Waals surface area contributed by atoms with E-state index in [1.807, 2.05) is 0 Å². The number of rotatable bonds is 1. The van der Waals surface area contributed by atoms with Crippen LogP contribution in [-0.2, 0) is 4.79 Å². The first-order valence-electron chi connectivity index (χ1n) is 2.22. The van der Waals surface area contributed by atoms with Crippen LogP contribution in [0, 0.1) is 0 Å². The van der Waals surface area contributed by atoms with E-state index in [1.165, 1.54) is 0 Å². The molecule has 0 spiro atoms. The Bertz CT molecular complexity index is 54.5. The van der Waals surface area contributed by atoms with Crippen LogP contribution in [0.15, 0.2) is 0 Å². The molecular weight excluding hydrogens is 131 g/mol. The Morgan fingerprint density at radius 1 is 1.44 bits per heavy atom. The SMILES string of the molecule is CC(=O)[O-].NCCN.[Na+]. The summed E-state index contributed by atoms with van der Waals surface area (Å²) in [7, 11) is 0. The molecule has 4 N–H and O–H groups in total. The second-order valence-electron chi connectivity index (χ2n) is 1.07. The molecule has 0 saturated heterocycles. The van der Waals surface area contributed by atoms with E-state index >= 15 is 0 Å². The van der Waals surface area contributed by atoms with E-state index in [9.17, 15) is 0 Å². The maximum Gasteiger partial charge on any atom is 1.00 e. The molecule has 0 aliphatic heterocycles. The van der Waals surface area contributed by atoms with Gasteiger partial charge in [0.05, 0.1) is 0 Å². The Morgan fingerprint density at radius 3 is 1.56 bits per heavy atom. The number of carbonyl (C=O) groups is 1. The van der Waals surface area contributed by atoms with Crippen LogP contribution in [0.25, 0.3) is 0 Å². The first-order chi connectivity index (χ1) is 3.65. The zero-order valence-corrected chi connectivity index (χ0v) is 7.89. The summed E-state index contributed by atoms with van der Waals surface area (Å²) >= 11 is 0. The normalized spacial score (nSPS) is 6.11. The van der Waals surface area contributed by atoms with Gasteiger partial charge in [-0.25, -0.2) is 0 Å². The minimum atomic E-state index is -1.08. The van der Waals surface area contributed by atoms with Gasteiger partial charge in [-0.3, -0.25) is 0 Å². The van der Waals surface area contributed by atoms with Gasteiger partial charge in [-0.05, 0) is 6.92 Å². The van der Waals surface area contributed by atoms with Gasteiger partial charge in [0.25, 0.3) is 0 Å². The third-order valence-corrected chi connectivity index (χ3v) is 0.167. The molecule has 0 aromatic rings. The Labute approximate surface area is 76.9 Å². The Morgan fingerprint density at radius 2 is 1.56 bits per heavy atom. The van der Waals surface area contributed by atoms with E-state index in [0.29, 0.717) is 13.1 Å². The summed E-state index contributed by atoms with van der Waals surface area (Å²) in [5.41, 5.74) is 9.81. The first-order valence-corrected chi connectivity index (χ1v) is 2.22. The molecule has 0 amide bonds. The molecule has 0 heterocycles. The number of aliphatic carboxylic acids is 1. The zero-order chi connectivity index (χ0) is 6.99. The maximum absolute atomic E-state index is 8.89. The van der Waals surface area contributed by atoms with E-state index in [1.54, 1.807) is 0 Å². The standard InChI is InChI=1S/C2H8N2.C2H4O2.Na/c3-1-2-4;1-2(3)4;/h1-4H2;1H3,(H,3,4);/q;;+1/p-1. The number of carboxylic acids is 1. The van der Waals surface area contributed by atoms with Gasteiger partial charge in [0.15, 0.2) is 0 Å². The Hall–Kier alpha value is 0.390. The zero-order valence-electron chi connectivity index (χ0n) is 5.89. The topological polar surface area (TPSA) is 92.2 Å². The largest absolute Gasteiger partial charge is 1.00 e. The Balaban J connectivity index is -0.0000000720. The number of hydrogen-bond acceptors (Lipinski definition) is 4. The molecule has 0 aromatic heterocycles. The average Bonchev–Trinajstić information content (AvgIpc) is 1.65. The van der Waals surface area contributed by atoms with Gasteiger partial charge < -0.3 is 21.4 Å². The number of nitrogens with two attached hydrogens (primary N) is 2. The number of hydrogen-bond donors (Lipinski definition) is 2. The predicted molar refractivity (Wildman–Crippen MR) is 28.8 cm³/mol. The van der Waals surface area contributed by atoms with Crippen LogP contribution in [0.1, 0.15) is 6.92 Å². The fourth-order valence-electron chi connectivity index (χ4n) is 0. The van der Waals surface area contributed by atoms with Crippen LogP contribution >= 0.6 is 0 Å². The third-order valence-electron chi connectivity index (χ3n) is 0.167. The van der Waals surface area contributed by atoms with Crippen LogP contribution in [-0.4, -0.2) is 19.1 Å². The molecule has 0 aromatic carbocycles.